The minimum Gasteiger partial charge on any atom is -0.371 e. The first-order chi connectivity index (χ1) is 16.0. The van der Waals surface area contributed by atoms with Crippen LogP contribution in [0.25, 0.3) is 0 Å². The Labute approximate surface area is 196 Å². The maximum Gasteiger partial charge on any atom is 0.268 e. The molecule has 2 aromatic rings. The molecule has 182 valence electrons. The summed E-state index contributed by atoms with van der Waals surface area (Å²) in [6.45, 7) is 7.70. The fraction of sp³-hybridized carbons (Fsp3) is 0.440. The summed E-state index contributed by atoms with van der Waals surface area (Å²) in [6.07, 6.45) is 1.65. The molecule has 0 bridgehead atoms. The van der Waals surface area contributed by atoms with E-state index in [0.29, 0.717) is 18.2 Å². The maximum absolute atomic E-state index is 14.8. The van der Waals surface area contributed by atoms with Crippen LogP contribution >= 0.6 is 0 Å². The second-order valence-corrected chi connectivity index (χ2v) is 9.13. The average molecular weight is 476 g/mol. The number of amides is 2. The van der Waals surface area contributed by atoms with Gasteiger partial charge in [0.1, 0.15) is 17.5 Å². The number of carbonyl (C=O) groups is 2. The van der Waals surface area contributed by atoms with E-state index in [1.807, 2.05) is 0 Å². The molecule has 1 fully saturated rings. The number of benzene rings is 2. The van der Waals surface area contributed by atoms with Crippen molar-refractivity contribution >= 4 is 17.5 Å². The van der Waals surface area contributed by atoms with Gasteiger partial charge in [0, 0.05) is 35.8 Å². The number of halogens is 3. The van der Waals surface area contributed by atoms with E-state index >= 15 is 0 Å². The van der Waals surface area contributed by atoms with Crippen molar-refractivity contribution in [1.82, 2.24) is 4.90 Å². The van der Waals surface area contributed by atoms with Crippen molar-refractivity contribution in [3.05, 3.63) is 64.0 Å². The topological polar surface area (TPSA) is 86.9 Å². The van der Waals surface area contributed by atoms with Crippen molar-refractivity contribution < 1.29 is 27.9 Å². The predicted octanol–water partition coefficient (Wildman–Crippen LogP) is 3.21. The van der Waals surface area contributed by atoms with Gasteiger partial charge in [0.15, 0.2) is 0 Å². The molecule has 1 saturated carbocycles. The fourth-order valence-corrected chi connectivity index (χ4v) is 5.45. The highest BCUT2D eigenvalue weighted by Gasteiger charge is 2.55. The largest absolute Gasteiger partial charge is 0.371 e. The molecule has 1 heterocycles. The number of primary amides is 1. The Morgan fingerprint density at radius 1 is 1.12 bits per heavy atom. The van der Waals surface area contributed by atoms with Crippen molar-refractivity contribution in [2.75, 3.05) is 24.5 Å². The molecule has 2 aliphatic rings. The van der Waals surface area contributed by atoms with Gasteiger partial charge in [0.2, 0.25) is 11.5 Å². The van der Waals surface area contributed by atoms with E-state index in [2.05, 4.69) is 18.7 Å². The lowest BCUT2D eigenvalue weighted by molar-refractivity contribution is -0.133. The minimum absolute atomic E-state index is 0.0356. The molecule has 1 unspecified atom stereocenters. The van der Waals surface area contributed by atoms with Gasteiger partial charge in [0.25, 0.3) is 5.91 Å². The summed E-state index contributed by atoms with van der Waals surface area (Å²) in [4.78, 5) is 29.1. The third kappa shape index (κ3) is 3.67. The summed E-state index contributed by atoms with van der Waals surface area (Å²) in [6, 6.07) is 3.96. The predicted molar refractivity (Wildman–Crippen MR) is 121 cm³/mol. The van der Waals surface area contributed by atoms with Gasteiger partial charge in [-0.1, -0.05) is 13.8 Å². The number of nitrogens with zero attached hydrogens (tertiary/aromatic N) is 2. The Balaban J connectivity index is 1.79. The molecule has 0 radical (unpaired) electrons. The maximum atomic E-state index is 14.8. The monoisotopic (exact) mass is 475 g/mol. The van der Waals surface area contributed by atoms with Gasteiger partial charge in [-0.3, -0.25) is 9.59 Å². The molecular formula is C25H28F3N3O3. The van der Waals surface area contributed by atoms with Crippen molar-refractivity contribution in [3.8, 4) is 0 Å². The van der Waals surface area contributed by atoms with Crippen LogP contribution < -0.4 is 10.6 Å². The number of hydrogen-bond donors (Lipinski definition) is 2. The van der Waals surface area contributed by atoms with Crippen LogP contribution in [0, 0.1) is 30.3 Å². The van der Waals surface area contributed by atoms with Crippen molar-refractivity contribution in [3.63, 3.8) is 0 Å². The van der Waals surface area contributed by atoms with E-state index in [1.165, 1.54) is 24.0 Å². The molecule has 9 heteroatoms. The summed E-state index contributed by atoms with van der Waals surface area (Å²) in [5.41, 5.74) is 2.31. The summed E-state index contributed by atoms with van der Waals surface area (Å²) < 4.78 is 43.2. The van der Waals surface area contributed by atoms with Gasteiger partial charge >= 0.3 is 0 Å². The molecule has 6 nitrogen and oxygen atoms in total. The van der Waals surface area contributed by atoms with Crippen molar-refractivity contribution in [2.24, 2.45) is 11.7 Å². The smallest absolute Gasteiger partial charge is 0.268 e. The Hall–Kier alpha value is -2.91. The Kier molecular flexibility index (Phi) is 6.20. The Bertz CT molecular complexity index is 1140. The van der Waals surface area contributed by atoms with Gasteiger partial charge in [-0.05, 0) is 56.5 Å². The number of aryl methyl sites for hydroxylation is 1. The Morgan fingerprint density at radius 3 is 2.24 bits per heavy atom. The number of fused-ring (bicyclic) bond motifs is 1. The molecule has 0 spiro atoms. The van der Waals surface area contributed by atoms with Gasteiger partial charge in [-0.15, -0.1) is 0 Å². The zero-order valence-corrected chi connectivity index (χ0v) is 19.4. The second kappa shape index (κ2) is 8.70. The van der Waals surface area contributed by atoms with Crippen LogP contribution in [0.1, 0.15) is 53.7 Å². The normalized spacial score (nSPS) is 23.9. The molecule has 34 heavy (non-hydrogen) atoms. The van der Waals surface area contributed by atoms with Gasteiger partial charge < -0.3 is 20.6 Å². The van der Waals surface area contributed by atoms with Crippen LogP contribution in [0.3, 0.4) is 0 Å². The van der Waals surface area contributed by atoms with Crippen LogP contribution in [0.4, 0.5) is 18.9 Å². The SMILES string of the molecule is CCN(CC)C1CC(CN2C(=O)C(O)(c3c(F)cc(F)cc3F)c3c(C)cc(C(N)=O)cc32)C1. The summed E-state index contributed by atoms with van der Waals surface area (Å²) >= 11 is 0. The molecule has 1 atom stereocenters. The zero-order valence-electron chi connectivity index (χ0n) is 19.4. The number of anilines is 1. The molecule has 1 aliphatic heterocycles. The zero-order chi connectivity index (χ0) is 24.9. The molecule has 1 aliphatic carbocycles. The second-order valence-electron chi connectivity index (χ2n) is 9.13. The van der Waals surface area contributed by atoms with E-state index in [-0.39, 0.29) is 34.8 Å². The highest BCUT2D eigenvalue weighted by atomic mass is 19.1. The Morgan fingerprint density at radius 2 is 1.71 bits per heavy atom. The van der Waals surface area contributed by atoms with Gasteiger partial charge in [-0.2, -0.15) is 0 Å². The molecule has 4 rings (SSSR count). The number of hydrogen-bond acceptors (Lipinski definition) is 4. The summed E-state index contributed by atoms with van der Waals surface area (Å²) in [5.74, 6) is -5.48. The highest BCUT2D eigenvalue weighted by Crippen LogP contribution is 2.49. The van der Waals surface area contributed by atoms with Crippen molar-refractivity contribution in [1.29, 1.82) is 0 Å². The average Bonchev–Trinajstić information content (AvgIpc) is 2.93. The van der Waals surface area contributed by atoms with Crippen LogP contribution in [0.15, 0.2) is 24.3 Å². The third-order valence-electron chi connectivity index (χ3n) is 7.16. The molecule has 2 aromatic carbocycles. The van der Waals surface area contributed by atoms with Gasteiger partial charge in [0.05, 0.1) is 11.3 Å². The molecule has 3 N–H and O–H groups in total. The first-order valence-electron chi connectivity index (χ1n) is 11.4. The number of rotatable bonds is 7. The van der Waals surface area contributed by atoms with Crippen LogP contribution in [-0.2, 0) is 10.4 Å². The molecule has 0 aromatic heterocycles. The van der Waals surface area contributed by atoms with E-state index in [0.717, 1.165) is 25.9 Å². The van der Waals surface area contributed by atoms with Crippen LogP contribution in [-0.4, -0.2) is 47.5 Å². The lowest BCUT2D eigenvalue weighted by Gasteiger charge is -2.43. The highest BCUT2D eigenvalue weighted by molar-refractivity contribution is 6.11. The minimum atomic E-state index is -2.71. The van der Waals surface area contributed by atoms with E-state index in [4.69, 9.17) is 5.73 Å². The van der Waals surface area contributed by atoms with E-state index < -0.39 is 40.4 Å². The van der Waals surface area contributed by atoms with Crippen molar-refractivity contribution in [2.45, 2.75) is 45.3 Å². The fourth-order valence-electron chi connectivity index (χ4n) is 5.45. The summed E-state index contributed by atoms with van der Waals surface area (Å²) in [7, 11) is 0. The lowest BCUT2D eigenvalue weighted by Crippen LogP contribution is -2.50. The summed E-state index contributed by atoms with van der Waals surface area (Å²) in [5, 5.41) is 11.6. The number of aliphatic hydroxyl groups is 1. The standard InChI is InChI=1S/C25H28F3N3O3/c1-4-30(5-2)17-7-14(8-17)12-31-20-9-15(23(29)32)6-13(3)21(20)25(34,24(31)33)22-18(27)10-16(26)11-19(22)28/h6,9-11,14,17,34H,4-5,7-8,12H2,1-3H3,(H2,29,32). The third-order valence-corrected chi connectivity index (χ3v) is 7.16. The quantitative estimate of drug-likeness (QED) is 0.644. The first-order valence-corrected chi connectivity index (χ1v) is 11.4. The van der Waals surface area contributed by atoms with E-state index in [9.17, 15) is 27.9 Å². The number of carbonyl (C=O) groups excluding carboxylic acids is 2. The lowest BCUT2D eigenvalue weighted by atomic mass is 9.78. The molecule has 2 amide bonds. The number of nitrogens with two attached hydrogens (primary N) is 1. The molecular weight excluding hydrogens is 447 g/mol. The first kappa shape index (κ1) is 24.2. The molecule has 0 saturated heterocycles. The van der Waals surface area contributed by atoms with Gasteiger partial charge in [-0.25, -0.2) is 13.2 Å². The van der Waals surface area contributed by atoms with Crippen LogP contribution in [0.5, 0.6) is 0 Å². The van der Waals surface area contributed by atoms with E-state index in [1.54, 1.807) is 0 Å². The van der Waals surface area contributed by atoms with Crippen LogP contribution in [0.2, 0.25) is 0 Å².